The highest BCUT2D eigenvalue weighted by molar-refractivity contribution is 5.43. The number of methoxy groups -OCH3 is 1. The fourth-order valence-electron chi connectivity index (χ4n) is 1.87. The van der Waals surface area contributed by atoms with Gasteiger partial charge in [-0.25, -0.2) is 0 Å². The first-order valence-electron chi connectivity index (χ1n) is 6.28. The Balaban J connectivity index is 2.13. The van der Waals surface area contributed by atoms with Crippen LogP contribution >= 0.6 is 0 Å². The number of nitrogens with zero attached hydrogens (tertiary/aromatic N) is 1. The fraction of sp³-hybridized carbons (Fsp3) is 0.200. The minimum absolute atomic E-state index is 0.0761. The minimum Gasteiger partial charge on any atom is -0.497 e. The van der Waals surface area contributed by atoms with E-state index in [4.69, 9.17) is 9.47 Å². The molecular weight excluding hydrogens is 274 g/mol. The molecule has 2 aromatic carbocycles. The number of hydrogen-bond donors (Lipinski definition) is 1. The summed E-state index contributed by atoms with van der Waals surface area (Å²) >= 11 is 0. The van der Waals surface area contributed by atoms with Crippen LogP contribution in [0.25, 0.3) is 0 Å². The van der Waals surface area contributed by atoms with Crippen LogP contribution in [0.4, 0.5) is 5.69 Å². The molecule has 0 aromatic heterocycles. The average molecular weight is 289 g/mol. The lowest BCUT2D eigenvalue weighted by atomic mass is 10.2. The summed E-state index contributed by atoms with van der Waals surface area (Å²) in [4.78, 5) is 10.2. The SMILES string of the molecule is COc1cccc(COc2ccc([N+](=O)[O-])cc2CO)c1. The van der Waals surface area contributed by atoms with Crippen molar-refractivity contribution in [3.8, 4) is 11.5 Å². The normalized spacial score (nSPS) is 10.2. The van der Waals surface area contributed by atoms with E-state index in [-0.39, 0.29) is 18.9 Å². The minimum atomic E-state index is -0.509. The third-order valence-corrected chi connectivity index (χ3v) is 2.95. The Labute approximate surface area is 121 Å². The Kier molecular flexibility index (Phi) is 4.73. The molecule has 0 bridgehead atoms. The van der Waals surface area contributed by atoms with Crippen LogP contribution in [0.5, 0.6) is 11.5 Å². The molecular formula is C15H15NO5. The van der Waals surface area contributed by atoms with Gasteiger partial charge in [-0.05, 0) is 23.8 Å². The van der Waals surface area contributed by atoms with Gasteiger partial charge in [0.2, 0.25) is 0 Å². The lowest BCUT2D eigenvalue weighted by Gasteiger charge is -2.10. The molecule has 0 heterocycles. The van der Waals surface area contributed by atoms with Crippen molar-refractivity contribution in [1.82, 2.24) is 0 Å². The van der Waals surface area contributed by atoms with E-state index in [2.05, 4.69) is 0 Å². The molecule has 21 heavy (non-hydrogen) atoms. The van der Waals surface area contributed by atoms with Crippen LogP contribution in [0.2, 0.25) is 0 Å². The van der Waals surface area contributed by atoms with Crippen LogP contribution in [0.3, 0.4) is 0 Å². The number of aliphatic hydroxyl groups excluding tert-OH is 1. The van der Waals surface area contributed by atoms with E-state index in [1.54, 1.807) is 7.11 Å². The lowest BCUT2D eigenvalue weighted by Crippen LogP contribution is -2.00. The van der Waals surface area contributed by atoms with Gasteiger partial charge in [0.05, 0.1) is 18.6 Å². The van der Waals surface area contributed by atoms with Crippen molar-refractivity contribution in [2.45, 2.75) is 13.2 Å². The van der Waals surface area contributed by atoms with Crippen molar-refractivity contribution >= 4 is 5.69 Å². The molecule has 2 rings (SSSR count). The van der Waals surface area contributed by atoms with Gasteiger partial charge in [-0.2, -0.15) is 0 Å². The van der Waals surface area contributed by atoms with Crippen LogP contribution in [0, 0.1) is 10.1 Å². The molecule has 0 fully saturated rings. The number of aliphatic hydroxyl groups is 1. The van der Waals surface area contributed by atoms with Crippen molar-refractivity contribution in [2.75, 3.05) is 7.11 Å². The van der Waals surface area contributed by atoms with Gasteiger partial charge in [0.25, 0.3) is 5.69 Å². The van der Waals surface area contributed by atoms with Crippen LogP contribution in [0.15, 0.2) is 42.5 Å². The van der Waals surface area contributed by atoms with Crippen molar-refractivity contribution < 1.29 is 19.5 Å². The van der Waals surface area contributed by atoms with Crippen LogP contribution in [0.1, 0.15) is 11.1 Å². The van der Waals surface area contributed by atoms with E-state index in [0.717, 1.165) is 11.3 Å². The largest absolute Gasteiger partial charge is 0.497 e. The van der Waals surface area contributed by atoms with Crippen molar-refractivity contribution in [3.63, 3.8) is 0 Å². The maximum Gasteiger partial charge on any atom is 0.270 e. The van der Waals surface area contributed by atoms with Crippen molar-refractivity contribution in [2.24, 2.45) is 0 Å². The van der Waals surface area contributed by atoms with Gasteiger partial charge in [0.15, 0.2) is 0 Å². The maximum absolute atomic E-state index is 10.7. The molecule has 0 spiro atoms. The molecule has 0 unspecified atom stereocenters. The summed E-state index contributed by atoms with van der Waals surface area (Å²) in [6.07, 6.45) is 0. The van der Waals surface area contributed by atoms with E-state index in [1.165, 1.54) is 18.2 Å². The summed E-state index contributed by atoms with van der Waals surface area (Å²) in [6, 6.07) is 11.5. The van der Waals surface area contributed by atoms with Gasteiger partial charge in [0.1, 0.15) is 18.1 Å². The molecule has 6 heteroatoms. The number of ether oxygens (including phenoxy) is 2. The van der Waals surface area contributed by atoms with Crippen molar-refractivity contribution in [1.29, 1.82) is 0 Å². The molecule has 0 aliphatic rings. The Morgan fingerprint density at radius 2 is 2.05 bits per heavy atom. The zero-order valence-electron chi connectivity index (χ0n) is 11.5. The highest BCUT2D eigenvalue weighted by Gasteiger charge is 2.11. The molecule has 0 amide bonds. The average Bonchev–Trinajstić information content (AvgIpc) is 2.52. The summed E-state index contributed by atoms with van der Waals surface area (Å²) < 4.78 is 10.7. The van der Waals surface area contributed by atoms with E-state index >= 15 is 0 Å². The molecule has 2 aromatic rings. The van der Waals surface area contributed by atoms with E-state index < -0.39 is 4.92 Å². The summed E-state index contributed by atoms with van der Waals surface area (Å²) in [7, 11) is 1.58. The third kappa shape index (κ3) is 3.70. The molecule has 6 nitrogen and oxygen atoms in total. The van der Waals surface area contributed by atoms with Gasteiger partial charge >= 0.3 is 0 Å². The highest BCUT2D eigenvalue weighted by atomic mass is 16.6. The molecule has 110 valence electrons. The Bertz CT molecular complexity index is 642. The first-order valence-corrected chi connectivity index (χ1v) is 6.28. The van der Waals surface area contributed by atoms with Gasteiger partial charge in [-0.3, -0.25) is 10.1 Å². The van der Waals surface area contributed by atoms with Crippen LogP contribution < -0.4 is 9.47 Å². The number of non-ortho nitro benzene ring substituents is 1. The second-order valence-corrected chi connectivity index (χ2v) is 4.35. The van der Waals surface area contributed by atoms with Gasteiger partial charge in [0, 0.05) is 17.7 Å². The number of hydrogen-bond acceptors (Lipinski definition) is 5. The monoisotopic (exact) mass is 289 g/mol. The zero-order chi connectivity index (χ0) is 15.2. The molecule has 0 radical (unpaired) electrons. The summed E-state index contributed by atoms with van der Waals surface area (Å²) in [5, 5.41) is 20.0. The third-order valence-electron chi connectivity index (χ3n) is 2.95. The molecule has 0 saturated heterocycles. The number of nitro benzene ring substituents is 1. The Hall–Kier alpha value is -2.60. The predicted molar refractivity (Wildman–Crippen MR) is 76.3 cm³/mol. The maximum atomic E-state index is 10.7. The summed E-state index contributed by atoms with van der Waals surface area (Å²) in [5.41, 5.74) is 1.21. The second-order valence-electron chi connectivity index (χ2n) is 4.35. The van der Waals surface area contributed by atoms with Crippen LogP contribution in [-0.2, 0) is 13.2 Å². The molecule has 0 saturated carbocycles. The molecule has 1 N–H and O–H groups in total. The Morgan fingerprint density at radius 3 is 2.71 bits per heavy atom. The van der Waals surface area contributed by atoms with Gasteiger partial charge < -0.3 is 14.6 Å². The van der Waals surface area contributed by atoms with E-state index in [9.17, 15) is 15.2 Å². The number of benzene rings is 2. The number of nitro groups is 1. The molecule has 0 atom stereocenters. The van der Waals surface area contributed by atoms with E-state index in [1.807, 2.05) is 24.3 Å². The zero-order valence-corrected chi connectivity index (χ0v) is 11.5. The molecule has 0 aliphatic heterocycles. The van der Waals surface area contributed by atoms with Gasteiger partial charge in [-0.15, -0.1) is 0 Å². The molecule has 0 aliphatic carbocycles. The summed E-state index contributed by atoms with van der Waals surface area (Å²) in [6.45, 7) is -0.0445. The first-order chi connectivity index (χ1) is 10.1. The number of rotatable bonds is 6. The second kappa shape index (κ2) is 6.71. The standard InChI is InChI=1S/C15H15NO5/c1-20-14-4-2-3-11(7-14)10-21-15-6-5-13(16(18)19)8-12(15)9-17/h2-8,17H,9-10H2,1H3. The topological polar surface area (TPSA) is 81.8 Å². The van der Waals surface area contributed by atoms with Crippen molar-refractivity contribution in [3.05, 3.63) is 63.7 Å². The highest BCUT2D eigenvalue weighted by Crippen LogP contribution is 2.25. The Morgan fingerprint density at radius 1 is 1.24 bits per heavy atom. The van der Waals surface area contributed by atoms with Gasteiger partial charge in [-0.1, -0.05) is 12.1 Å². The summed E-state index contributed by atoms with van der Waals surface area (Å²) in [5.74, 6) is 1.15. The smallest absolute Gasteiger partial charge is 0.270 e. The fourth-order valence-corrected chi connectivity index (χ4v) is 1.87. The first kappa shape index (κ1) is 14.8. The predicted octanol–water partition coefficient (Wildman–Crippen LogP) is 2.67. The van der Waals surface area contributed by atoms with Crippen LogP contribution in [-0.4, -0.2) is 17.1 Å². The lowest BCUT2D eigenvalue weighted by molar-refractivity contribution is -0.385. The van der Waals surface area contributed by atoms with E-state index in [0.29, 0.717) is 11.3 Å². The quantitative estimate of drug-likeness (QED) is 0.653.